The van der Waals surface area contributed by atoms with Crippen LogP contribution in [0.2, 0.25) is 0 Å². The fourth-order valence-electron chi connectivity index (χ4n) is 2.17. The minimum atomic E-state index is -3.60. The van der Waals surface area contributed by atoms with Gasteiger partial charge in [-0.05, 0) is 36.6 Å². The number of fused-ring (bicyclic) bond motifs is 1. The molecule has 1 atom stereocenters. The van der Waals surface area contributed by atoms with Gasteiger partial charge in [0.05, 0.1) is 4.90 Å². The highest BCUT2D eigenvalue weighted by Crippen LogP contribution is 2.20. The summed E-state index contributed by atoms with van der Waals surface area (Å²) < 4.78 is 31.6. The van der Waals surface area contributed by atoms with Gasteiger partial charge in [0.25, 0.3) is 0 Å². The molecule has 0 spiro atoms. The van der Waals surface area contributed by atoms with Gasteiger partial charge in [0.15, 0.2) is 0 Å². The average Bonchev–Trinajstić information content (AvgIpc) is 2.51. The molecule has 1 unspecified atom stereocenters. The summed E-state index contributed by atoms with van der Waals surface area (Å²) in [6, 6.07) is 7.22. The summed E-state index contributed by atoms with van der Waals surface area (Å²) in [5.74, 6) is 0.301. The number of nitrogens with two attached hydrogens (primary N) is 1. The Morgan fingerprint density at radius 1 is 1.21 bits per heavy atom. The summed E-state index contributed by atoms with van der Waals surface area (Å²) in [6.07, 6.45) is 0.593. The first-order chi connectivity index (χ1) is 10.7. The van der Waals surface area contributed by atoms with E-state index >= 15 is 0 Å². The van der Waals surface area contributed by atoms with Crippen LogP contribution in [0.1, 0.15) is 20.3 Å². The monoisotopic (exact) mass is 374 g/mol. The maximum atomic E-state index is 12.6. The van der Waals surface area contributed by atoms with Crippen LogP contribution < -0.4 is 11.4 Å². The number of benzene rings is 1. The second kappa shape index (κ2) is 8.11. The van der Waals surface area contributed by atoms with Crippen LogP contribution in [-0.2, 0) is 10.0 Å². The summed E-state index contributed by atoms with van der Waals surface area (Å²) in [5, 5.41) is 0.568. The van der Waals surface area contributed by atoms with Crippen molar-refractivity contribution < 1.29 is 12.8 Å². The predicted molar refractivity (Wildman–Crippen MR) is 97.0 cm³/mol. The topological polar surface area (TPSA) is 93.6 Å². The van der Waals surface area contributed by atoms with Crippen molar-refractivity contribution >= 4 is 33.4 Å². The molecule has 2 N–H and O–H groups in total. The lowest BCUT2D eigenvalue weighted by Gasteiger charge is -2.21. The van der Waals surface area contributed by atoms with Crippen LogP contribution in [0.4, 0.5) is 0 Å². The van der Waals surface area contributed by atoms with Crippen molar-refractivity contribution in [2.24, 2.45) is 11.7 Å². The van der Waals surface area contributed by atoms with E-state index in [-0.39, 0.29) is 23.3 Å². The summed E-state index contributed by atoms with van der Waals surface area (Å²) >= 11 is 0. The number of nitrogens with zero attached hydrogens (tertiary/aromatic N) is 1. The van der Waals surface area contributed by atoms with Crippen LogP contribution >= 0.6 is 12.4 Å². The van der Waals surface area contributed by atoms with E-state index in [1.165, 1.54) is 35.6 Å². The van der Waals surface area contributed by atoms with Crippen LogP contribution in [0.25, 0.3) is 11.0 Å². The zero-order chi connectivity index (χ0) is 17.2. The molecule has 134 valence electrons. The van der Waals surface area contributed by atoms with Crippen LogP contribution in [0.5, 0.6) is 0 Å². The molecule has 1 heterocycles. The van der Waals surface area contributed by atoms with Gasteiger partial charge in [-0.15, -0.1) is 12.4 Å². The van der Waals surface area contributed by atoms with E-state index in [0.717, 1.165) is 0 Å². The molecule has 0 saturated heterocycles. The fraction of sp³-hybridized carbons (Fsp3) is 0.438. The Bertz CT molecular complexity index is 849. The Morgan fingerprint density at radius 3 is 2.50 bits per heavy atom. The van der Waals surface area contributed by atoms with Gasteiger partial charge < -0.3 is 10.2 Å². The summed E-state index contributed by atoms with van der Waals surface area (Å²) in [6.45, 7) is 4.37. The lowest BCUT2D eigenvalue weighted by molar-refractivity contribution is 0.397. The summed E-state index contributed by atoms with van der Waals surface area (Å²) in [7, 11) is -2.06. The smallest absolute Gasteiger partial charge is 0.336 e. The minimum absolute atomic E-state index is 0. The van der Waals surface area contributed by atoms with Gasteiger partial charge in [-0.25, -0.2) is 17.5 Å². The molecule has 0 aliphatic rings. The SMILES string of the molecule is CC(C)C(N)CCN(C)S(=O)(=O)c1ccc2oc(=O)ccc2c1.Cl. The van der Waals surface area contributed by atoms with E-state index in [2.05, 4.69) is 0 Å². The first kappa shape index (κ1) is 20.6. The normalized spacial score (nSPS) is 13.2. The highest BCUT2D eigenvalue weighted by atomic mass is 35.5. The second-order valence-electron chi connectivity index (χ2n) is 5.98. The second-order valence-corrected chi connectivity index (χ2v) is 8.02. The van der Waals surface area contributed by atoms with Crippen molar-refractivity contribution in [1.82, 2.24) is 4.31 Å². The maximum absolute atomic E-state index is 12.6. The maximum Gasteiger partial charge on any atom is 0.336 e. The molecule has 1 aromatic carbocycles. The van der Waals surface area contributed by atoms with Gasteiger partial charge >= 0.3 is 5.63 Å². The molecular formula is C16H23ClN2O4S. The van der Waals surface area contributed by atoms with Gasteiger partial charge in [0, 0.05) is 31.1 Å². The highest BCUT2D eigenvalue weighted by Gasteiger charge is 2.22. The Morgan fingerprint density at radius 2 is 1.88 bits per heavy atom. The molecule has 8 heteroatoms. The Labute approximate surface area is 148 Å². The lowest BCUT2D eigenvalue weighted by Crippen LogP contribution is -2.34. The van der Waals surface area contributed by atoms with E-state index in [4.69, 9.17) is 10.2 Å². The van der Waals surface area contributed by atoms with E-state index in [1.807, 2.05) is 13.8 Å². The average molecular weight is 375 g/mol. The molecule has 2 aromatic rings. The predicted octanol–water partition coefficient (Wildman–Crippen LogP) is 2.21. The van der Waals surface area contributed by atoms with Gasteiger partial charge in [0.2, 0.25) is 10.0 Å². The number of hydrogen-bond donors (Lipinski definition) is 1. The molecule has 0 fully saturated rings. The molecule has 0 amide bonds. The zero-order valence-electron chi connectivity index (χ0n) is 13.9. The summed E-state index contributed by atoms with van der Waals surface area (Å²) in [5.41, 5.74) is 5.87. The zero-order valence-corrected chi connectivity index (χ0v) is 15.6. The standard InChI is InChI=1S/C16H22N2O4S.ClH/c1-11(2)14(17)8-9-18(3)23(20,21)13-5-6-15-12(10-13)4-7-16(19)22-15;/h4-7,10-11,14H,8-9,17H2,1-3H3;1H. The highest BCUT2D eigenvalue weighted by molar-refractivity contribution is 7.89. The van der Waals surface area contributed by atoms with Gasteiger partial charge in [0.1, 0.15) is 5.58 Å². The van der Waals surface area contributed by atoms with Crippen molar-refractivity contribution in [2.45, 2.75) is 31.2 Å². The van der Waals surface area contributed by atoms with Crippen LogP contribution in [0.3, 0.4) is 0 Å². The number of halogens is 1. The first-order valence-corrected chi connectivity index (χ1v) is 8.91. The molecule has 0 aliphatic carbocycles. The van der Waals surface area contributed by atoms with Crippen molar-refractivity contribution in [3.63, 3.8) is 0 Å². The largest absolute Gasteiger partial charge is 0.423 e. The van der Waals surface area contributed by atoms with E-state index in [0.29, 0.717) is 29.9 Å². The number of rotatable bonds is 6. The Kier molecular flexibility index (Phi) is 6.97. The van der Waals surface area contributed by atoms with Crippen LogP contribution in [0, 0.1) is 5.92 Å². The van der Waals surface area contributed by atoms with Gasteiger partial charge in [-0.3, -0.25) is 0 Å². The van der Waals surface area contributed by atoms with Crippen molar-refractivity contribution in [3.8, 4) is 0 Å². The third-order valence-corrected chi connectivity index (χ3v) is 5.79. The van der Waals surface area contributed by atoms with Gasteiger partial charge in [-0.2, -0.15) is 0 Å². The fourth-order valence-corrected chi connectivity index (χ4v) is 3.40. The molecule has 0 aliphatic heterocycles. The van der Waals surface area contributed by atoms with E-state index in [9.17, 15) is 13.2 Å². The van der Waals surface area contributed by atoms with Crippen molar-refractivity contribution in [2.75, 3.05) is 13.6 Å². The molecule has 2 rings (SSSR count). The molecule has 0 saturated carbocycles. The molecule has 6 nitrogen and oxygen atoms in total. The third kappa shape index (κ3) is 4.57. The van der Waals surface area contributed by atoms with Gasteiger partial charge in [-0.1, -0.05) is 13.8 Å². The number of sulfonamides is 1. The number of hydrogen-bond acceptors (Lipinski definition) is 5. The molecule has 0 radical (unpaired) electrons. The molecule has 24 heavy (non-hydrogen) atoms. The first-order valence-electron chi connectivity index (χ1n) is 7.47. The lowest BCUT2D eigenvalue weighted by atomic mass is 10.0. The van der Waals surface area contributed by atoms with Crippen molar-refractivity contribution in [1.29, 1.82) is 0 Å². The summed E-state index contributed by atoms with van der Waals surface area (Å²) in [4.78, 5) is 11.3. The quantitative estimate of drug-likeness (QED) is 0.782. The Balaban J connectivity index is 0.00000288. The van der Waals surface area contributed by atoms with Crippen LogP contribution in [-0.4, -0.2) is 32.4 Å². The van der Waals surface area contributed by atoms with Crippen LogP contribution in [0.15, 0.2) is 44.4 Å². The third-order valence-electron chi connectivity index (χ3n) is 3.93. The minimum Gasteiger partial charge on any atom is -0.423 e. The Hall–Kier alpha value is -1.41. The molecule has 0 bridgehead atoms. The van der Waals surface area contributed by atoms with E-state index in [1.54, 1.807) is 6.07 Å². The van der Waals surface area contributed by atoms with Crippen molar-refractivity contribution in [3.05, 3.63) is 40.8 Å². The van der Waals surface area contributed by atoms with E-state index < -0.39 is 15.6 Å². The molecule has 1 aromatic heterocycles. The molecular weight excluding hydrogens is 352 g/mol.